The number of nitrogens with one attached hydrogen (secondary N) is 1. The van der Waals surface area contributed by atoms with Crippen LogP contribution in [0, 0.1) is 5.92 Å². The fourth-order valence-electron chi connectivity index (χ4n) is 2.54. The maximum absolute atomic E-state index is 10.1. The van der Waals surface area contributed by atoms with Crippen LogP contribution in [0.15, 0.2) is 0 Å². The minimum atomic E-state index is -0.536. The molecule has 0 aliphatic carbocycles. The Morgan fingerprint density at radius 1 is 1.50 bits per heavy atom. The SMILES string of the molecule is CCC(C)(O)CN1CCCC(CNCCOC)C1. The van der Waals surface area contributed by atoms with Gasteiger partial charge in [-0.2, -0.15) is 0 Å². The van der Waals surface area contributed by atoms with Crippen LogP contribution < -0.4 is 5.32 Å². The third-order valence-corrected chi connectivity index (χ3v) is 3.84. The third kappa shape index (κ3) is 6.14. The minimum absolute atomic E-state index is 0.536. The monoisotopic (exact) mass is 258 g/mol. The Labute approximate surface area is 112 Å². The molecule has 1 aliphatic rings. The van der Waals surface area contributed by atoms with E-state index in [0.717, 1.165) is 45.8 Å². The fourth-order valence-corrected chi connectivity index (χ4v) is 2.54. The summed E-state index contributed by atoms with van der Waals surface area (Å²) in [5.41, 5.74) is -0.536. The topological polar surface area (TPSA) is 44.7 Å². The van der Waals surface area contributed by atoms with Crippen molar-refractivity contribution in [3.8, 4) is 0 Å². The summed E-state index contributed by atoms with van der Waals surface area (Å²) >= 11 is 0. The first kappa shape index (κ1) is 15.9. The molecule has 1 heterocycles. The molecular formula is C14H30N2O2. The van der Waals surface area contributed by atoms with Crippen molar-refractivity contribution < 1.29 is 9.84 Å². The maximum atomic E-state index is 10.1. The molecule has 0 bridgehead atoms. The van der Waals surface area contributed by atoms with Crippen LogP contribution in [-0.4, -0.2) is 62.0 Å². The van der Waals surface area contributed by atoms with E-state index in [1.54, 1.807) is 7.11 Å². The van der Waals surface area contributed by atoms with Crippen molar-refractivity contribution in [2.24, 2.45) is 5.92 Å². The van der Waals surface area contributed by atoms with Gasteiger partial charge in [0.15, 0.2) is 0 Å². The molecule has 1 fully saturated rings. The molecule has 0 aromatic rings. The van der Waals surface area contributed by atoms with Gasteiger partial charge in [-0.15, -0.1) is 0 Å². The molecule has 108 valence electrons. The molecule has 1 rings (SSSR count). The second-order valence-electron chi connectivity index (χ2n) is 5.79. The molecule has 2 unspecified atom stereocenters. The number of β-amino-alcohol motifs (C(OH)–C–C–N with tert-alkyl or cyclic N) is 1. The van der Waals surface area contributed by atoms with Gasteiger partial charge in [0.25, 0.3) is 0 Å². The predicted octanol–water partition coefficient (Wildman–Crippen LogP) is 1.10. The van der Waals surface area contributed by atoms with E-state index < -0.39 is 5.60 Å². The Balaban J connectivity index is 2.23. The van der Waals surface area contributed by atoms with Crippen LogP contribution in [-0.2, 0) is 4.74 Å². The summed E-state index contributed by atoms with van der Waals surface area (Å²) in [5, 5.41) is 13.6. The van der Waals surface area contributed by atoms with Crippen LogP contribution in [0.4, 0.5) is 0 Å². The standard InChI is InChI=1S/C14H30N2O2/c1-4-14(2,17)12-16-8-5-6-13(11-16)10-15-7-9-18-3/h13,15,17H,4-12H2,1-3H3. The number of nitrogens with zero attached hydrogens (tertiary/aromatic N) is 1. The number of aliphatic hydroxyl groups is 1. The van der Waals surface area contributed by atoms with Crippen LogP contribution in [0.1, 0.15) is 33.1 Å². The highest BCUT2D eigenvalue weighted by Crippen LogP contribution is 2.19. The molecule has 2 N–H and O–H groups in total. The Bertz CT molecular complexity index is 222. The number of methoxy groups -OCH3 is 1. The lowest BCUT2D eigenvalue weighted by atomic mass is 9.95. The quantitative estimate of drug-likeness (QED) is 0.640. The number of likely N-dealkylation sites (tertiary alicyclic amines) is 1. The molecule has 0 aromatic heterocycles. The van der Waals surface area contributed by atoms with Crippen LogP contribution in [0.5, 0.6) is 0 Å². The number of hydrogen-bond donors (Lipinski definition) is 2. The highest BCUT2D eigenvalue weighted by molar-refractivity contribution is 4.81. The summed E-state index contributed by atoms with van der Waals surface area (Å²) in [5.74, 6) is 0.711. The average molecular weight is 258 g/mol. The smallest absolute Gasteiger partial charge is 0.0743 e. The van der Waals surface area contributed by atoms with Gasteiger partial charge in [-0.3, -0.25) is 0 Å². The van der Waals surface area contributed by atoms with Crippen molar-refractivity contribution in [1.82, 2.24) is 10.2 Å². The molecular weight excluding hydrogens is 228 g/mol. The Kier molecular flexibility index (Phi) is 7.15. The van der Waals surface area contributed by atoms with E-state index in [4.69, 9.17) is 4.74 Å². The Morgan fingerprint density at radius 3 is 2.94 bits per heavy atom. The van der Waals surface area contributed by atoms with Gasteiger partial charge >= 0.3 is 0 Å². The summed E-state index contributed by atoms with van der Waals surface area (Å²) in [7, 11) is 1.73. The summed E-state index contributed by atoms with van der Waals surface area (Å²) in [6.07, 6.45) is 3.36. The van der Waals surface area contributed by atoms with Gasteiger partial charge in [0.2, 0.25) is 0 Å². The largest absolute Gasteiger partial charge is 0.389 e. The van der Waals surface area contributed by atoms with E-state index in [1.165, 1.54) is 12.8 Å². The van der Waals surface area contributed by atoms with Crippen molar-refractivity contribution in [1.29, 1.82) is 0 Å². The molecule has 0 aromatic carbocycles. The molecule has 0 amide bonds. The molecule has 4 heteroatoms. The number of hydrogen-bond acceptors (Lipinski definition) is 4. The third-order valence-electron chi connectivity index (χ3n) is 3.84. The van der Waals surface area contributed by atoms with Crippen molar-refractivity contribution in [2.45, 2.75) is 38.7 Å². The fraction of sp³-hybridized carbons (Fsp3) is 1.00. The van der Waals surface area contributed by atoms with Crippen LogP contribution in [0.25, 0.3) is 0 Å². The van der Waals surface area contributed by atoms with Gasteiger partial charge in [-0.1, -0.05) is 6.92 Å². The highest BCUT2D eigenvalue weighted by atomic mass is 16.5. The summed E-state index contributed by atoms with van der Waals surface area (Å²) < 4.78 is 5.03. The van der Waals surface area contributed by atoms with Crippen LogP contribution in [0.3, 0.4) is 0 Å². The van der Waals surface area contributed by atoms with E-state index in [-0.39, 0.29) is 0 Å². The molecule has 18 heavy (non-hydrogen) atoms. The van der Waals surface area contributed by atoms with Crippen LogP contribution in [0.2, 0.25) is 0 Å². The van der Waals surface area contributed by atoms with Crippen molar-refractivity contribution >= 4 is 0 Å². The van der Waals surface area contributed by atoms with Gasteiger partial charge in [0.05, 0.1) is 12.2 Å². The van der Waals surface area contributed by atoms with E-state index >= 15 is 0 Å². The first-order chi connectivity index (χ1) is 8.57. The molecule has 0 radical (unpaired) electrons. The zero-order valence-corrected chi connectivity index (χ0v) is 12.2. The summed E-state index contributed by atoms with van der Waals surface area (Å²) in [6.45, 7) is 9.80. The van der Waals surface area contributed by atoms with Gasteiger partial charge < -0.3 is 20.1 Å². The van der Waals surface area contributed by atoms with Gasteiger partial charge in [-0.05, 0) is 45.2 Å². The lowest BCUT2D eigenvalue weighted by molar-refractivity contribution is 0.00413. The number of piperidine rings is 1. The molecule has 1 aliphatic heterocycles. The zero-order valence-electron chi connectivity index (χ0n) is 12.2. The Morgan fingerprint density at radius 2 is 2.28 bits per heavy atom. The average Bonchev–Trinajstić information content (AvgIpc) is 2.35. The van der Waals surface area contributed by atoms with Gasteiger partial charge in [0.1, 0.15) is 0 Å². The molecule has 2 atom stereocenters. The number of rotatable bonds is 8. The molecule has 0 spiro atoms. The van der Waals surface area contributed by atoms with Crippen molar-refractivity contribution in [3.63, 3.8) is 0 Å². The maximum Gasteiger partial charge on any atom is 0.0743 e. The summed E-state index contributed by atoms with van der Waals surface area (Å²) in [6, 6.07) is 0. The van der Waals surface area contributed by atoms with Crippen LogP contribution >= 0.6 is 0 Å². The zero-order chi connectivity index (χ0) is 13.4. The van der Waals surface area contributed by atoms with E-state index in [1.807, 2.05) is 13.8 Å². The van der Waals surface area contributed by atoms with E-state index in [2.05, 4.69) is 10.2 Å². The lowest BCUT2D eigenvalue weighted by Crippen LogP contribution is -2.46. The normalized spacial score (nSPS) is 25.0. The van der Waals surface area contributed by atoms with E-state index in [9.17, 15) is 5.11 Å². The predicted molar refractivity (Wildman–Crippen MR) is 74.8 cm³/mol. The van der Waals surface area contributed by atoms with Gasteiger partial charge in [-0.25, -0.2) is 0 Å². The molecule has 0 saturated carbocycles. The van der Waals surface area contributed by atoms with E-state index in [0.29, 0.717) is 5.92 Å². The summed E-state index contributed by atoms with van der Waals surface area (Å²) in [4.78, 5) is 2.41. The number of ether oxygens (including phenoxy) is 1. The van der Waals surface area contributed by atoms with Gasteiger partial charge in [0, 0.05) is 26.7 Å². The van der Waals surface area contributed by atoms with Crippen molar-refractivity contribution in [2.75, 3.05) is 46.4 Å². The van der Waals surface area contributed by atoms with Crippen molar-refractivity contribution in [3.05, 3.63) is 0 Å². The second kappa shape index (κ2) is 8.10. The first-order valence-electron chi connectivity index (χ1n) is 7.22. The molecule has 4 nitrogen and oxygen atoms in total. The highest BCUT2D eigenvalue weighted by Gasteiger charge is 2.26. The second-order valence-corrected chi connectivity index (χ2v) is 5.79. The first-order valence-corrected chi connectivity index (χ1v) is 7.22. The molecule has 1 saturated heterocycles. The minimum Gasteiger partial charge on any atom is -0.389 e. The lowest BCUT2D eigenvalue weighted by Gasteiger charge is -2.37. The Hall–Kier alpha value is -0.160.